The van der Waals surface area contributed by atoms with E-state index in [1.54, 1.807) is 0 Å². The fraction of sp³-hybridized carbons (Fsp3) is 0.143. The monoisotopic (exact) mass is 250 g/mol. The zero-order valence-corrected chi connectivity index (χ0v) is 9.13. The van der Waals surface area contributed by atoms with Crippen molar-refractivity contribution in [2.45, 2.75) is 0 Å². The second kappa shape index (κ2) is 4.03. The summed E-state index contributed by atoms with van der Waals surface area (Å²) in [5.41, 5.74) is -0.366. The van der Waals surface area contributed by atoms with Crippen LogP contribution in [-0.2, 0) is 10.0 Å². The number of carboxylic acid groups (broad SMARTS) is 1. The van der Waals surface area contributed by atoms with Gasteiger partial charge in [-0.1, -0.05) is 11.6 Å². The van der Waals surface area contributed by atoms with Gasteiger partial charge in [-0.3, -0.25) is 4.72 Å². The molecule has 0 aromatic carbocycles. The van der Waals surface area contributed by atoms with Crippen LogP contribution in [0.15, 0.2) is 12.3 Å². The molecule has 0 spiro atoms. The summed E-state index contributed by atoms with van der Waals surface area (Å²) in [4.78, 5) is 14.2. The maximum absolute atomic E-state index is 10.9. The van der Waals surface area contributed by atoms with Crippen molar-refractivity contribution >= 4 is 33.3 Å². The first-order chi connectivity index (χ1) is 6.79. The van der Waals surface area contributed by atoms with Gasteiger partial charge >= 0.3 is 5.97 Å². The first-order valence-corrected chi connectivity index (χ1v) is 5.93. The Morgan fingerprint density at radius 3 is 2.67 bits per heavy atom. The number of aromatic nitrogens is 1. The normalized spacial score (nSPS) is 11.1. The highest BCUT2D eigenvalue weighted by Gasteiger charge is 2.14. The molecule has 0 atom stereocenters. The van der Waals surface area contributed by atoms with Gasteiger partial charge in [0, 0.05) is 12.3 Å². The Morgan fingerprint density at radius 1 is 1.60 bits per heavy atom. The third-order valence-electron chi connectivity index (χ3n) is 1.40. The maximum Gasteiger partial charge on any atom is 0.339 e. The van der Waals surface area contributed by atoms with Crippen molar-refractivity contribution in [2.75, 3.05) is 11.0 Å². The molecule has 6 nitrogen and oxygen atoms in total. The number of anilines is 1. The average molecular weight is 251 g/mol. The lowest BCUT2D eigenvalue weighted by molar-refractivity contribution is 0.0697. The van der Waals surface area contributed by atoms with Gasteiger partial charge < -0.3 is 5.11 Å². The summed E-state index contributed by atoms with van der Waals surface area (Å²) in [6.07, 6.45) is 1.89. The standard InChI is InChI=1S/C7H7ClN2O4S/c1-15(13,14)10-5-2-6(8)9-3-4(5)7(11)12/h2-3H,1H3,(H,9,10)(H,11,12). The predicted octanol–water partition coefficient (Wildman–Crippen LogP) is 0.805. The zero-order chi connectivity index (χ0) is 11.6. The molecule has 0 amide bonds. The molecule has 1 aromatic rings. The van der Waals surface area contributed by atoms with Gasteiger partial charge in [0.25, 0.3) is 0 Å². The molecule has 0 aliphatic rings. The van der Waals surface area contributed by atoms with Crippen molar-refractivity contribution in [3.8, 4) is 0 Å². The van der Waals surface area contributed by atoms with Crippen LogP contribution in [0.4, 0.5) is 5.69 Å². The van der Waals surface area contributed by atoms with Crippen molar-refractivity contribution in [3.05, 3.63) is 23.0 Å². The van der Waals surface area contributed by atoms with Gasteiger partial charge in [0.05, 0.1) is 11.9 Å². The molecule has 2 N–H and O–H groups in total. The Morgan fingerprint density at radius 2 is 2.20 bits per heavy atom. The smallest absolute Gasteiger partial charge is 0.339 e. The van der Waals surface area contributed by atoms with Gasteiger partial charge in [0.15, 0.2) is 0 Å². The highest BCUT2D eigenvalue weighted by atomic mass is 35.5. The van der Waals surface area contributed by atoms with Gasteiger partial charge in [0.2, 0.25) is 10.0 Å². The molecule has 0 aliphatic carbocycles. The van der Waals surface area contributed by atoms with E-state index in [1.807, 2.05) is 4.72 Å². The van der Waals surface area contributed by atoms with Crippen molar-refractivity contribution < 1.29 is 18.3 Å². The van der Waals surface area contributed by atoms with E-state index in [1.165, 1.54) is 0 Å². The van der Waals surface area contributed by atoms with E-state index in [4.69, 9.17) is 16.7 Å². The molecule has 1 rings (SSSR count). The molecule has 0 saturated heterocycles. The molecule has 8 heteroatoms. The molecule has 0 saturated carbocycles. The first kappa shape index (κ1) is 11.7. The van der Waals surface area contributed by atoms with Crippen molar-refractivity contribution in [3.63, 3.8) is 0 Å². The molecule has 0 bridgehead atoms. The number of hydrogen-bond acceptors (Lipinski definition) is 4. The molecular formula is C7H7ClN2O4S. The number of carboxylic acids is 1. The van der Waals surface area contributed by atoms with E-state index in [0.29, 0.717) is 0 Å². The summed E-state index contributed by atoms with van der Waals surface area (Å²) in [5.74, 6) is -1.29. The maximum atomic E-state index is 10.9. The van der Waals surface area contributed by atoms with Crippen LogP contribution >= 0.6 is 11.6 Å². The SMILES string of the molecule is CS(=O)(=O)Nc1cc(Cl)ncc1C(=O)O. The van der Waals surface area contributed by atoms with E-state index in [2.05, 4.69) is 4.98 Å². The third-order valence-corrected chi connectivity index (χ3v) is 2.19. The Bertz CT molecular complexity index is 500. The quantitative estimate of drug-likeness (QED) is 0.774. The number of carbonyl (C=O) groups is 1. The van der Waals surface area contributed by atoms with Crippen LogP contribution in [0.3, 0.4) is 0 Å². The van der Waals surface area contributed by atoms with Crippen molar-refractivity contribution in [2.24, 2.45) is 0 Å². The Hall–Kier alpha value is -1.34. The first-order valence-electron chi connectivity index (χ1n) is 3.66. The highest BCUT2D eigenvalue weighted by Crippen LogP contribution is 2.19. The number of aromatic carboxylic acids is 1. The number of pyridine rings is 1. The van der Waals surface area contributed by atoms with Crippen molar-refractivity contribution in [1.29, 1.82) is 0 Å². The minimum atomic E-state index is -3.55. The largest absolute Gasteiger partial charge is 0.478 e. The minimum Gasteiger partial charge on any atom is -0.478 e. The number of rotatable bonds is 3. The van der Waals surface area contributed by atoms with E-state index in [9.17, 15) is 13.2 Å². The molecule has 0 fully saturated rings. The summed E-state index contributed by atoms with van der Waals surface area (Å²) in [7, 11) is -3.55. The van der Waals surface area contributed by atoms with Crippen LogP contribution in [0.5, 0.6) is 0 Å². The van der Waals surface area contributed by atoms with E-state index in [-0.39, 0.29) is 16.4 Å². The molecular weight excluding hydrogens is 244 g/mol. The van der Waals surface area contributed by atoms with Crippen LogP contribution in [0.1, 0.15) is 10.4 Å². The van der Waals surface area contributed by atoms with E-state index >= 15 is 0 Å². The fourth-order valence-electron chi connectivity index (χ4n) is 0.884. The lowest BCUT2D eigenvalue weighted by Crippen LogP contribution is -2.13. The van der Waals surface area contributed by atoms with E-state index in [0.717, 1.165) is 18.5 Å². The highest BCUT2D eigenvalue weighted by molar-refractivity contribution is 7.92. The summed E-state index contributed by atoms with van der Waals surface area (Å²) in [6.45, 7) is 0. The molecule has 15 heavy (non-hydrogen) atoms. The second-order valence-electron chi connectivity index (χ2n) is 2.73. The molecule has 0 unspecified atom stereocenters. The van der Waals surface area contributed by atoms with Crippen LogP contribution < -0.4 is 4.72 Å². The molecule has 0 aliphatic heterocycles. The van der Waals surface area contributed by atoms with Gasteiger partial charge in [-0.25, -0.2) is 18.2 Å². The number of sulfonamides is 1. The summed E-state index contributed by atoms with van der Waals surface area (Å²) < 4.78 is 23.9. The Kier molecular flexibility index (Phi) is 3.15. The van der Waals surface area contributed by atoms with Gasteiger partial charge in [-0.15, -0.1) is 0 Å². The Balaban J connectivity index is 3.25. The van der Waals surface area contributed by atoms with Gasteiger partial charge in [-0.05, 0) is 0 Å². The van der Waals surface area contributed by atoms with E-state index < -0.39 is 16.0 Å². The average Bonchev–Trinajstić information content (AvgIpc) is 1.99. The number of hydrogen-bond donors (Lipinski definition) is 2. The van der Waals surface area contributed by atoms with Crippen LogP contribution in [0.2, 0.25) is 5.15 Å². The predicted molar refractivity (Wildman–Crippen MR) is 54.7 cm³/mol. The zero-order valence-electron chi connectivity index (χ0n) is 7.56. The topological polar surface area (TPSA) is 96.4 Å². The second-order valence-corrected chi connectivity index (χ2v) is 4.87. The summed E-state index contributed by atoms with van der Waals surface area (Å²) in [6, 6.07) is 1.13. The third kappa shape index (κ3) is 3.37. The molecule has 1 aromatic heterocycles. The number of nitrogens with one attached hydrogen (secondary N) is 1. The summed E-state index contributed by atoms with van der Waals surface area (Å²) in [5, 5.41) is 8.74. The summed E-state index contributed by atoms with van der Waals surface area (Å²) >= 11 is 5.51. The number of halogens is 1. The number of nitrogens with zero attached hydrogens (tertiary/aromatic N) is 1. The van der Waals surface area contributed by atoms with Crippen LogP contribution in [-0.4, -0.2) is 30.7 Å². The molecule has 1 heterocycles. The lowest BCUT2D eigenvalue weighted by atomic mass is 10.2. The molecule has 82 valence electrons. The Labute approximate surface area is 91.0 Å². The van der Waals surface area contributed by atoms with Crippen molar-refractivity contribution in [1.82, 2.24) is 4.98 Å². The van der Waals surface area contributed by atoms with Gasteiger partial charge in [-0.2, -0.15) is 0 Å². The molecule has 0 radical (unpaired) electrons. The van der Waals surface area contributed by atoms with Crippen LogP contribution in [0, 0.1) is 0 Å². The van der Waals surface area contributed by atoms with Gasteiger partial charge in [0.1, 0.15) is 10.7 Å². The lowest BCUT2D eigenvalue weighted by Gasteiger charge is -2.06. The fourth-order valence-corrected chi connectivity index (χ4v) is 1.61. The van der Waals surface area contributed by atoms with Crippen LogP contribution in [0.25, 0.3) is 0 Å². The minimum absolute atomic E-state index is 0.00569.